The molecular formula is C15H19FN2S. The number of nitrogens with two attached hydrogens (primary N) is 1. The molecular weight excluding hydrogens is 259 g/mol. The number of hydrogen-bond acceptors (Lipinski definition) is 3. The molecule has 1 aliphatic carbocycles. The zero-order valence-electron chi connectivity index (χ0n) is 11.2. The SMILES string of the molecule is CC1CCC(CN)(c2nc3ccc(F)cc3s2)CC1. The summed E-state index contributed by atoms with van der Waals surface area (Å²) in [4.78, 5) is 4.72. The molecule has 1 aromatic heterocycles. The Kier molecular flexibility index (Phi) is 3.31. The molecule has 2 aromatic rings. The summed E-state index contributed by atoms with van der Waals surface area (Å²) in [6, 6.07) is 4.82. The topological polar surface area (TPSA) is 38.9 Å². The molecule has 102 valence electrons. The second-order valence-electron chi connectivity index (χ2n) is 5.80. The van der Waals surface area contributed by atoms with Gasteiger partial charge in [-0.3, -0.25) is 0 Å². The fraction of sp³-hybridized carbons (Fsp3) is 0.533. The number of halogens is 1. The molecule has 2 nitrogen and oxygen atoms in total. The van der Waals surface area contributed by atoms with Crippen molar-refractivity contribution in [3.8, 4) is 0 Å². The molecule has 0 aliphatic heterocycles. The van der Waals surface area contributed by atoms with Crippen LogP contribution in [-0.2, 0) is 5.41 Å². The molecule has 0 spiro atoms. The van der Waals surface area contributed by atoms with E-state index in [1.807, 2.05) is 0 Å². The van der Waals surface area contributed by atoms with Crippen molar-refractivity contribution in [3.05, 3.63) is 29.0 Å². The standard InChI is InChI=1S/C15H19FN2S/c1-10-4-6-15(9-17,7-5-10)14-18-12-3-2-11(16)8-13(12)19-14/h2-3,8,10H,4-7,9,17H2,1H3. The zero-order chi connectivity index (χ0) is 13.5. The lowest BCUT2D eigenvalue weighted by Gasteiger charge is -2.36. The summed E-state index contributed by atoms with van der Waals surface area (Å²) in [5, 5.41) is 1.10. The van der Waals surface area contributed by atoms with Gasteiger partial charge in [0.1, 0.15) is 10.8 Å². The molecule has 0 unspecified atom stereocenters. The van der Waals surface area contributed by atoms with Gasteiger partial charge in [-0.05, 0) is 49.8 Å². The molecule has 0 saturated heterocycles. The minimum atomic E-state index is -0.193. The third-order valence-corrected chi connectivity index (χ3v) is 5.69. The van der Waals surface area contributed by atoms with Crippen LogP contribution in [0.1, 0.15) is 37.6 Å². The number of nitrogens with zero attached hydrogens (tertiary/aromatic N) is 1. The number of thiazole rings is 1. The van der Waals surface area contributed by atoms with Crippen LogP contribution in [-0.4, -0.2) is 11.5 Å². The Morgan fingerprint density at radius 1 is 1.42 bits per heavy atom. The van der Waals surface area contributed by atoms with Gasteiger partial charge in [-0.15, -0.1) is 11.3 Å². The maximum Gasteiger partial charge on any atom is 0.124 e. The summed E-state index contributed by atoms with van der Waals surface area (Å²) in [5.41, 5.74) is 6.98. The van der Waals surface area contributed by atoms with E-state index in [0.717, 1.165) is 34.0 Å². The molecule has 1 saturated carbocycles. The summed E-state index contributed by atoms with van der Waals surface area (Å²) in [6.07, 6.45) is 4.63. The number of hydrogen-bond donors (Lipinski definition) is 1. The molecule has 1 aromatic carbocycles. The Morgan fingerprint density at radius 3 is 2.84 bits per heavy atom. The van der Waals surface area contributed by atoms with Crippen LogP contribution in [0.2, 0.25) is 0 Å². The van der Waals surface area contributed by atoms with E-state index in [0.29, 0.717) is 6.54 Å². The van der Waals surface area contributed by atoms with E-state index in [4.69, 9.17) is 10.7 Å². The van der Waals surface area contributed by atoms with Crippen molar-refractivity contribution < 1.29 is 4.39 Å². The second kappa shape index (κ2) is 4.84. The van der Waals surface area contributed by atoms with Crippen LogP contribution in [0.25, 0.3) is 10.2 Å². The summed E-state index contributed by atoms with van der Waals surface area (Å²) >= 11 is 1.61. The van der Waals surface area contributed by atoms with E-state index < -0.39 is 0 Å². The molecule has 0 atom stereocenters. The first-order valence-electron chi connectivity index (χ1n) is 6.90. The van der Waals surface area contributed by atoms with Gasteiger partial charge >= 0.3 is 0 Å². The Hall–Kier alpha value is -1.000. The minimum absolute atomic E-state index is 0.0205. The summed E-state index contributed by atoms with van der Waals surface area (Å²) in [7, 11) is 0. The van der Waals surface area contributed by atoms with Crippen LogP contribution < -0.4 is 5.73 Å². The fourth-order valence-electron chi connectivity index (χ4n) is 2.95. The smallest absolute Gasteiger partial charge is 0.124 e. The highest BCUT2D eigenvalue weighted by Gasteiger charge is 2.37. The average molecular weight is 278 g/mol. The Morgan fingerprint density at radius 2 is 2.16 bits per heavy atom. The van der Waals surface area contributed by atoms with E-state index in [2.05, 4.69) is 6.92 Å². The second-order valence-corrected chi connectivity index (χ2v) is 6.83. The van der Waals surface area contributed by atoms with Gasteiger partial charge < -0.3 is 5.73 Å². The van der Waals surface area contributed by atoms with Crippen LogP contribution in [0.3, 0.4) is 0 Å². The first-order chi connectivity index (χ1) is 9.13. The Bertz CT molecular complexity index is 585. The monoisotopic (exact) mass is 278 g/mol. The van der Waals surface area contributed by atoms with Gasteiger partial charge in [-0.2, -0.15) is 0 Å². The van der Waals surface area contributed by atoms with Gasteiger partial charge in [0.25, 0.3) is 0 Å². The highest BCUT2D eigenvalue weighted by molar-refractivity contribution is 7.18. The van der Waals surface area contributed by atoms with Crippen LogP contribution in [0.4, 0.5) is 4.39 Å². The molecule has 1 aliphatic rings. The largest absolute Gasteiger partial charge is 0.329 e. The molecule has 2 N–H and O–H groups in total. The summed E-state index contributed by atoms with van der Waals surface area (Å²) in [5.74, 6) is 0.591. The molecule has 0 amide bonds. The van der Waals surface area contributed by atoms with Crippen molar-refractivity contribution in [1.29, 1.82) is 0 Å². The van der Waals surface area contributed by atoms with Crippen molar-refractivity contribution >= 4 is 21.6 Å². The third-order valence-electron chi connectivity index (χ3n) is 4.43. The third kappa shape index (κ3) is 2.28. The lowest BCUT2D eigenvalue weighted by Crippen LogP contribution is -2.38. The molecule has 4 heteroatoms. The maximum absolute atomic E-state index is 13.3. The lowest BCUT2D eigenvalue weighted by molar-refractivity contribution is 0.247. The highest BCUT2D eigenvalue weighted by atomic mass is 32.1. The van der Waals surface area contributed by atoms with Crippen molar-refractivity contribution in [1.82, 2.24) is 4.98 Å². The van der Waals surface area contributed by atoms with Gasteiger partial charge in [-0.1, -0.05) is 6.92 Å². The normalized spacial score (nSPS) is 27.8. The van der Waals surface area contributed by atoms with E-state index in [9.17, 15) is 4.39 Å². The van der Waals surface area contributed by atoms with E-state index in [1.165, 1.54) is 18.9 Å². The molecule has 19 heavy (non-hydrogen) atoms. The predicted molar refractivity (Wildman–Crippen MR) is 77.9 cm³/mol. The first-order valence-corrected chi connectivity index (χ1v) is 7.71. The van der Waals surface area contributed by atoms with Crippen molar-refractivity contribution in [2.45, 2.75) is 38.0 Å². The molecule has 1 fully saturated rings. The fourth-order valence-corrected chi connectivity index (χ4v) is 4.19. The minimum Gasteiger partial charge on any atom is -0.329 e. The van der Waals surface area contributed by atoms with Crippen molar-refractivity contribution in [2.75, 3.05) is 6.54 Å². The number of fused-ring (bicyclic) bond motifs is 1. The highest BCUT2D eigenvalue weighted by Crippen LogP contribution is 2.43. The van der Waals surface area contributed by atoms with Crippen LogP contribution in [0, 0.1) is 11.7 Å². The zero-order valence-corrected chi connectivity index (χ0v) is 12.0. The average Bonchev–Trinajstić information content (AvgIpc) is 2.83. The quantitative estimate of drug-likeness (QED) is 0.906. The molecule has 0 bridgehead atoms. The Balaban J connectivity index is 2.01. The maximum atomic E-state index is 13.3. The van der Waals surface area contributed by atoms with Gasteiger partial charge in [-0.25, -0.2) is 9.37 Å². The molecule has 0 radical (unpaired) electrons. The van der Waals surface area contributed by atoms with Gasteiger partial charge in [0, 0.05) is 12.0 Å². The van der Waals surface area contributed by atoms with Crippen molar-refractivity contribution in [2.24, 2.45) is 11.7 Å². The van der Waals surface area contributed by atoms with Crippen LogP contribution >= 0.6 is 11.3 Å². The molecule has 1 heterocycles. The number of rotatable bonds is 2. The molecule has 3 rings (SSSR count). The van der Waals surface area contributed by atoms with Crippen LogP contribution in [0.5, 0.6) is 0 Å². The van der Waals surface area contributed by atoms with Gasteiger partial charge in [0.05, 0.1) is 10.2 Å². The van der Waals surface area contributed by atoms with Gasteiger partial charge in [0.2, 0.25) is 0 Å². The number of aromatic nitrogens is 1. The Labute approximate surface area is 116 Å². The lowest BCUT2D eigenvalue weighted by atomic mass is 9.71. The van der Waals surface area contributed by atoms with E-state index in [-0.39, 0.29) is 11.2 Å². The summed E-state index contributed by atoms with van der Waals surface area (Å²) < 4.78 is 14.2. The van der Waals surface area contributed by atoms with Crippen molar-refractivity contribution in [3.63, 3.8) is 0 Å². The number of benzene rings is 1. The van der Waals surface area contributed by atoms with Crippen LogP contribution in [0.15, 0.2) is 18.2 Å². The first kappa shape index (κ1) is 13.0. The van der Waals surface area contributed by atoms with E-state index >= 15 is 0 Å². The summed E-state index contributed by atoms with van der Waals surface area (Å²) in [6.45, 7) is 2.94. The van der Waals surface area contributed by atoms with Gasteiger partial charge in [0.15, 0.2) is 0 Å². The predicted octanol–water partition coefficient (Wildman–Crippen LogP) is 3.84. The van der Waals surface area contributed by atoms with E-state index in [1.54, 1.807) is 23.5 Å².